The molecule has 1 amide bonds. The number of nitrogens with zero attached hydrogens (tertiary/aromatic N) is 2. The summed E-state index contributed by atoms with van der Waals surface area (Å²) in [4.78, 5) is 27.0. The summed E-state index contributed by atoms with van der Waals surface area (Å²) in [6.45, 7) is 8.02. The first-order valence-electron chi connectivity index (χ1n) is 11.8. The van der Waals surface area contributed by atoms with Gasteiger partial charge in [0, 0.05) is 22.0 Å². The van der Waals surface area contributed by atoms with E-state index in [0.717, 1.165) is 58.8 Å². The smallest absolute Gasteiger partial charge is 0.341 e. The monoisotopic (exact) mass is 487 g/mol. The fourth-order valence-electron chi connectivity index (χ4n) is 4.51. The third-order valence-corrected chi connectivity index (χ3v) is 7.56. The highest BCUT2D eigenvalue weighted by atomic mass is 32.1. The van der Waals surface area contributed by atoms with E-state index in [2.05, 4.69) is 5.32 Å². The minimum absolute atomic E-state index is 0.0157. The highest BCUT2D eigenvalue weighted by Gasteiger charge is 2.28. The number of aryl methyl sites for hydroxylation is 3. The number of esters is 1. The van der Waals surface area contributed by atoms with Crippen molar-refractivity contribution in [3.8, 4) is 11.1 Å². The summed E-state index contributed by atoms with van der Waals surface area (Å²) in [6, 6.07) is 11.4. The van der Waals surface area contributed by atoms with Crippen molar-refractivity contribution in [2.75, 3.05) is 11.9 Å². The van der Waals surface area contributed by atoms with Crippen LogP contribution in [0.15, 0.2) is 35.9 Å². The molecule has 2 heterocycles. The molecule has 6 nitrogen and oxygen atoms in total. The van der Waals surface area contributed by atoms with Crippen molar-refractivity contribution in [3.05, 3.63) is 74.4 Å². The van der Waals surface area contributed by atoms with Gasteiger partial charge >= 0.3 is 5.97 Å². The van der Waals surface area contributed by atoms with Crippen LogP contribution in [0.5, 0.6) is 0 Å². The number of ether oxygens (including phenoxy) is 1. The molecule has 1 N–H and O–H groups in total. The van der Waals surface area contributed by atoms with E-state index >= 15 is 0 Å². The van der Waals surface area contributed by atoms with Gasteiger partial charge in [-0.1, -0.05) is 17.7 Å². The van der Waals surface area contributed by atoms with Gasteiger partial charge in [0.1, 0.15) is 16.6 Å². The highest BCUT2D eigenvalue weighted by Crippen LogP contribution is 2.39. The van der Waals surface area contributed by atoms with E-state index in [4.69, 9.17) is 4.74 Å². The molecule has 0 fully saturated rings. The molecule has 0 bridgehead atoms. The molecule has 4 rings (SSSR count). The van der Waals surface area contributed by atoms with Crippen molar-refractivity contribution in [3.63, 3.8) is 0 Å². The Bertz CT molecular complexity index is 1350. The van der Waals surface area contributed by atoms with Crippen molar-refractivity contribution in [1.29, 1.82) is 5.26 Å². The zero-order valence-corrected chi connectivity index (χ0v) is 21.3. The Labute approximate surface area is 209 Å². The number of carbonyl (C=O) groups is 2. The molecule has 0 saturated carbocycles. The standard InChI is InChI=1S/C28H29N3O3S/c1-5-34-28(33)25-23-8-6-7-9-24(23)35-27(25)31-18(3)14-20(19(31)4)15-21(16-29)26(32)30-22-12-10-17(2)11-13-22/h10-15H,5-9H2,1-4H3,(H,30,32). The summed E-state index contributed by atoms with van der Waals surface area (Å²) in [5, 5.41) is 13.3. The molecule has 0 aliphatic heterocycles. The van der Waals surface area contributed by atoms with Crippen molar-refractivity contribution in [2.45, 2.75) is 53.4 Å². The molecule has 35 heavy (non-hydrogen) atoms. The fraction of sp³-hybridized carbons (Fsp3) is 0.321. The maximum Gasteiger partial charge on any atom is 0.341 e. The van der Waals surface area contributed by atoms with E-state index in [1.807, 2.05) is 68.7 Å². The molecule has 0 atom stereocenters. The molecule has 180 valence electrons. The van der Waals surface area contributed by atoms with Crippen LogP contribution in [0, 0.1) is 32.1 Å². The average molecular weight is 488 g/mol. The van der Waals surface area contributed by atoms with Gasteiger partial charge in [-0.3, -0.25) is 4.79 Å². The van der Waals surface area contributed by atoms with Gasteiger partial charge in [0.05, 0.1) is 12.2 Å². The van der Waals surface area contributed by atoms with Gasteiger partial charge in [-0.15, -0.1) is 11.3 Å². The molecule has 0 radical (unpaired) electrons. The molecule has 1 aliphatic rings. The lowest BCUT2D eigenvalue weighted by Crippen LogP contribution is -2.13. The Morgan fingerprint density at radius 1 is 1.17 bits per heavy atom. The molecule has 0 saturated heterocycles. The predicted octanol–water partition coefficient (Wildman–Crippen LogP) is 6.07. The predicted molar refractivity (Wildman–Crippen MR) is 139 cm³/mol. The first-order valence-corrected chi connectivity index (χ1v) is 12.7. The Hall–Kier alpha value is -3.63. The van der Waals surface area contributed by atoms with Gasteiger partial charge < -0.3 is 14.6 Å². The number of thiophene rings is 1. The molecule has 3 aromatic rings. The quantitative estimate of drug-likeness (QED) is 0.260. The number of amides is 1. The zero-order valence-electron chi connectivity index (χ0n) is 20.5. The molecule has 1 aliphatic carbocycles. The van der Waals surface area contributed by atoms with Crippen molar-refractivity contribution in [1.82, 2.24) is 4.57 Å². The molecular weight excluding hydrogens is 458 g/mol. The third kappa shape index (κ3) is 4.94. The number of hydrogen-bond acceptors (Lipinski definition) is 5. The number of benzene rings is 1. The first kappa shape index (κ1) is 24.5. The maximum absolute atomic E-state index is 13.0. The van der Waals surface area contributed by atoms with E-state index in [-0.39, 0.29) is 11.5 Å². The van der Waals surface area contributed by atoms with Gasteiger partial charge in [0.15, 0.2) is 0 Å². The molecule has 0 unspecified atom stereocenters. The van der Waals surface area contributed by atoms with Crippen molar-refractivity contribution < 1.29 is 14.3 Å². The summed E-state index contributed by atoms with van der Waals surface area (Å²) in [7, 11) is 0. The molecule has 1 aromatic carbocycles. The molecule has 7 heteroatoms. The van der Waals surface area contributed by atoms with Crippen LogP contribution in [0.3, 0.4) is 0 Å². The van der Waals surface area contributed by atoms with Crippen LogP contribution in [0.1, 0.15) is 63.1 Å². The van der Waals surface area contributed by atoms with Gasteiger partial charge in [0.2, 0.25) is 0 Å². The second kappa shape index (κ2) is 10.3. The van der Waals surface area contributed by atoms with Crippen molar-refractivity contribution in [2.24, 2.45) is 0 Å². The SMILES string of the molecule is CCOC(=O)c1c(-n2c(C)cc(C=C(C#N)C(=O)Nc3ccc(C)cc3)c2C)sc2c1CCCC2. The van der Waals surface area contributed by atoms with E-state index in [9.17, 15) is 14.9 Å². The van der Waals surface area contributed by atoms with Crippen LogP contribution in [0.2, 0.25) is 0 Å². The lowest BCUT2D eigenvalue weighted by atomic mass is 9.95. The fourth-order valence-corrected chi connectivity index (χ4v) is 6.00. The molecule has 0 spiro atoms. The number of anilines is 1. The average Bonchev–Trinajstić information content (AvgIpc) is 3.35. The molecule has 2 aromatic heterocycles. The minimum Gasteiger partial charge on any atom is -0.462 e. The lowest BCUT2D eigenvalue weighted by Gasteiger charge is -2.13. The van der Waals surface area contributed by atoms with E-state index in [1.165, 1.54) is 4.88 Å². The molecular formula is C28H29N3O3S. The van der Waals surface area contributed by atoms with Gasteiger partial charge in [-0.2, -0.15) is 5.26 Å². The van der Waals surface area contributed by atoms with Crippen molar-refractivity contribution >= 4 is 35.0 Å². The number of nitrogens with one attached hydrogen (secondary N) is 1. The Morgan fingerprint density at radius 3 is 2.57 bits per heavy atom. The number of carbonyl (C=O) groups excluding carboxylic acids is 2. The second-order valence-corrected chi connectivity index (χ2v) is 9.85. The second-order valence-electron chi connectivity index (χ2n) is 8.76. The number of nitriles is 1. The van der Waals surface area contributed by atoms with Crippen LogP contribution >= 0.6 is 11.3 Å². The summed E-state index contributed by atoms with van der Waals surface area (Å²) in [6.07, 6.45) is 5.64. The Morgan fingerprint density at radius 2 is 1.89 bits per heavy atom. The first-order chi connectivity index (χ1) is 16.8. The number of hydrogen-bond donors (Lipinski definition) is 1. The maximum atomic E-state index is 13.0. The number of aromatic nitrogens is 1. The third-order valence-electron chi connectivity index (χ3n) is 6.28. The topological polar surface area (TPSA) is 84.1 Å². The van der Waals surface area contributed by atoms with E-state index in [0.29, 0.717) is 17.9 Å². The lowest BCUT2D eigenvalue weighted by molar-refractivity contribution is -0.112. The Balaban J connectivity index is 1.73. The van der Waals surface area contributed by atoms with Crippen LogP contribution in [-0.4, -0.2) is 23.1 Å². The summed E-state index contributed by atoms with van der Waals surface area (Å²) >= 11 is 1.64. The normalized spacial score (nSPS) is 13.2. The van der Waals surface area contributed by atoms with E-state index < -0.39 is 5.91 Å². The summed E-state index contributed by atoms with van der Waals surface area (Å²) < 4.78 is 7.47. The van der Waals surface area contributed by atoms with Crippen LogP contribution in [0.4, 0.5) is 5.69 Å². The van der Waals surface area contributed by atoms with E-state index in [1.54, 1.807) is 17.4 Å². The van der Waals surface area contributed by atoms with Crippen LogP contribution in [-0.2, 0) is 22.4 Å². The zero-order chi connectivity index (χ0) is 25.1. The van der Waals surface area contributed by atoms with Gasteiger partial charge in [-0.05, 0) is 88.8 Å². The van der Waals surface area contributed by atoms with Gasteiger partial charge in [-0.25, -0.2) is 4.79 Å². The Kier molecular flexibility index (Phi) is 7.23. The number of rotatable bonds is 6. The minimum atomic E-state index is -0.458. The number of fused-ring (bicyclic) bond motifs is 1. The summed E-state index contributed by atoms with van der Waals surface area (Å²) in [5.74, 6) is -0.748. The highest BCUT2D eigenvalue weighted by molar-refractivity contribution is 7.15. The largest absolute Gasteiger partial charge is 0.462 e. The summed E-state index contributed by atoms with van der Waals surface area (Å²) in [5.41, 5.74) is 6.05. The van der Waals surface area contributed by atoms with Crippen LogP contribution < -0.4 is 5.32 Å². The van der Waals surface area contributed by atoms with Gasteiger partial charge in [0.25, 0.3) is 5.91 Å². The van der Waals surface area contributed by atoms with Crippen LogP contribution in [0.25, 0.3) is 11.1 Å².